The molecule has 2 aromatic carbocycles. The van der Waals surface area contributed by atoms with Crippen molar-refractivity contribution < 1.29 is 32.6 Å². The lowest BCUT2D eigenvalue weighted by molar-refractivity contribution is -0.132. The molecule has 3 aromatic rings. The number of nitrogens with zero attached hydrogens (tertiary/aromatic N) is 1. The molecule has 0 radical (unpaired) electrons. The summed E-state index contributed by atoms with van der Waals surface area (Å²) in [6.07, 6.45) is 0. The molecule has 0 aliphatic carbocycles. The Bertz CT molecular complexity index is 1400. The molecule has 0 bridgehead atoms. The minimum absolute atomic E-state index is 0.102. The molecule has 1 amide bonds. The van der Waals surface area contributed by atoms with Gasteiger partial charge in [-0.05, 0) is 53.9 Å². The lowest BCUT2D eigenvalue weighted by atomic mass is 9.99. The molecule has 2 heterocycles. The van der Waals surface area contributed by atoms with E-state index in [0.717, 1.165) is 0 Å². The van der Waals surface area contributed by atoms with Crippen molar-refractivity contribution in [3.8, 4) is 11.5 Å². The molecule has 176 valence electrons. The minimum atomic E-state index is -3.94. The monoisotopic (exact) mass is 500 g/mol. The van der Waals surface area contributed by atoms with E-state index < -0.39 is 27.8 Å². The smallest absolute Gasteiger partial charge is 0.300 e. The molecule has 1 aromatic heterocycles. The molecule has 1 aliphatic heterocycles. The molecular formula is C23H20N2O7S2. The molecule has 1 saturated heterocycles. The van der Waals surface area contributed by atoms with E-state index >= 15 is 0 Å². The SMILES string of the molecule is COc1ccc(/C(O)=C2/C(=O)C(=O)N(c3ccc(S(N)(=O)=O)cc3)C2c2cccs2)cc1OC. The number of aliphatic hydroxyl groups excluding tert-OH is 1. The minimum Gasteiger partial charge on any atom is -0.507 e. The highest BCUT2D eigenvalue weighted by Crippen LogP contribution is 2.44. The van der Waals surface area contributed by atoms with Gasteiger partial charge in [0.1, 0.15) is 11.8 Å². The summed E-state index contributed by atoms with van der Waals surface area (Å²) < 4.78 is 33.7. The van der Waals surface area contributed by atoms with E-state index in [1.807, 2.05) is 0 Å². The molecule has 1 fully saturated rings. The number of nitrogens with two attached hydrogens (primary N) is 1. The lowest BCUT2D eigenvalue weighted by Gasteiger charge is -2.24. The quantitative estimate of drug-likeness (QED) is 0.302. The van der Waals surface area contributed by atoms with Crippen LogP contribution in [0.3, 0.4) is 0 Å². The summed E-state index contributed by atoms with van der Waals surface area (Å²) in [5, 5.41) is 18.1. The van der Waals surface area contributed by atoms with Gasteiger partial charge in [0.2, 0.25) is 10.0 Å². The highest BCUT2D eigenvalue weighted by molar-refractivity contribution is 7.89. The Morgan fingerprint density at radius 2 is 1.71 bits per heavy atom. The topological polar surface area (TPSA) is 136 Å². The number of aliphatic hydroxyl groups is 1. The zero-order valence-corrected chi connectivity index (χ0v) is 19.7. The molecule has 3 N–H and O–H groups in total. The number of anilines is 1. The van der Waals surface area contributed by atoms with Crippen LogP contribution in [-0.2, 0) is 19.6 Å². The number of methoxy groups -OCH3 is 2. The van der Waals surface area contributed by atoms with Gasteiger partial charge in [-0.15, -0.1) is 11.3 Å². The van der Waals surface area contributed by atoms with Gasteiger partial charge in [-0.3, -0.25) is 14.5 Å². The number of ether oxygens (including phenoxy) is 2. The number of ketones is 1. The average Bonchev–Trinajstić information content (AvgIpc) is 3.44. The zero-order chi connectivity index (χ0) is 24.6. The van der Waals surface area contributed by atoms with Crippen molar-refractivity contribution in [1.29, 1.82) is 0 Å². The van der Waals surface area contributed by atoms with Gasteiger partial charge < -0.3 is 14.6 Å². The van der Waals surface area contributed by atoms with Gasteiger partial charge in [-0.25, -0.2) is 13.6 Å². The Morgan fingerprint density at radius 3 is 2.26 bits per heavy atom. The Labute approximate surface area is 199 Å². The second-order valence-corrected chi connectivity index (χ2v) is 9.83. The number of carbonyl (C=O) groups is 2. The number of hydrogen-bond acceptors (Lipinski definition) is 8. The number of benzene rings is 2. The van der Waals surface area contributed by atoms with Gasteiger partial charge in [0.05, 0.1) is 24.7 Å². The second-order valence-electron chi connectivity index (χ2n) is 7.29. The fraction of sp³-hybridized carbons (Fsp3) is 0.130. The number of primary sulfonamides is 1. The van der Waals surface area contributed by atoms with E-state index in [9.17, 15) is 23.1 Å². The Kier molecular flexibility index (Phi) is 6.17. The van der Waals surface area contributed by atoms with Crippen molar-refractivity contribution in [1.82, 2.24) is 0 Å². The van der Waals surface area contributed by atoms with E-state index in [1.54, 1.807) is 29.6 Å². The summed E-state index contributed by atoms with van der Waals surface area (Å²) in [6.45, 7) is 0. The first-order chi connectivity index (χ1) is 16.2. The molecule has 11 heteroatoms. The van der Waals surface area contributed by atoms with Crippen molar-refractivity contribution >= 4 is 44.5 Å². The third-order valence-electron chi connectivity index (χ3n) is 5.36. The van der Waals surface area contributed by atoms with Crippen LogP contribution < -0.4 is 19.5 Å². The fourth-order valence-corrected chi connectivity index (χ4v) is 5.09. The van der Waals surface area contributed by atoms with Crippen LogP contribution in [0, 0.1) is 0 Å². The number of rotatable bonds is 6. The molecule has 0 saturated carbocycles. The van der Waals surface area contributed by atoms with Gasteiger partial charge in [-0.1, -0.05) is 6.07 Å². The van der Waals surface area contributed by atoms with Crippen LogP contribution in [0.1, 0.15) is 16.5 Å². The lowest BCUT2D eigenvalue weighted by Crippen LogP contribution is -2.29. The third-order valence-corrected chi connectivity index (χ3v) is 7.21. The van der Waals surface area contributed by atoms with Gasteiger partial charge in [0, 0.05) is 16.1 Å². The summed E-state index contributed by atoms with van der Waals surface area (Å²) in [5.41, 5.74) is 0.441. The molecule has 1 unspecified atom stereocenters. The molecule has 9 nitrogen and oxygen atoms in total. The average molecular weight is 501 g/mol. The van der Waals surface area contributed by atoms with Crippen molar-refractivity contribution in [3.05, 3.63) is 76.0 Å². The van der Waals surface area contributed by atoms with E-state index in [2.05, 4.69) is 0 Å². The first-order valence-corrected chi connectivity index (χ1v) is 12.3. The van der Waals surface area contributed by atoms with Crippen molar-refractivity contribution in [2.75, 3.05) is 19.1 Å². The fourth-order valence-electron chi connectivity index (χ4n) is 3.75. The zero-order valence-electron chi connectivity index (χ0n) is 18.1. The predicted molar refractivity (Wildman–Crippen MR) is 126 cm³/mol. The van der Waals surface area contributed by atoms with Crippen LogP contribution >= 0.6 is 11.3 Å². The van der Waals surface area contributed by atoms with Gasteiger partial charge in [0.15, 0.2) is 11.5 Å². The summed E-state index contributed by atoms with van der Waals surface area (Å²) in [4.78, 5) is 28.0. The summed E-state index contributed by atoms with van der Waals surface area (Å²) in [7, 11) is -1.02. The summed E-state index contributed by atoms with van der Waals surface area (Å²) in [5.74, 6) is -1.33. The molecular weight excluding hydrogens is 480 g/mol. The van der Waals surface area contributed by atoms with Crippen molar-refractivity contribution in [2.24, 2.45) is 5.14 Å². The molecule has 1 atom stereocenters. The summed E-state index contributed by atoms with van der Waals surface area (Å²) >= 11 is 1.31. The number of Topliss-reactive ketones (excluding diaryl/α,β-unsaturated/α-hetero) is 1. The molecule has 1 aliphatic rings. The molecule has 0 spiro atoms. The van der Waals surface area contributed by atoms with Gasteiger partial charge in [-0.2, -0.15) is 0 Å². The van der Waals surface area contributed by atoms with Crippen LogP contribution in [-0.4, -0.2) is 39.4 Å². The largest absolute Gasteiger partial charge is 0.507 e. The van der Waals surface area contributed by atoms with Crippen LogP contribution in [0.5, 0.6) is 11.5 Å². The Morgan fingerprint density at radius 1 is 1.03 bits per heavy atom. The first-order valence-electron chi connectivity index (χ1n) is 9.87. The van der Waals surface area contributed by atoms with E-state index in [4.69, 9.17) is 14.6 Å². The van der Waals surface area contributed by atoms with Crippen LogP contribution in [0.25, 0.3) is 5.76 Å². The summed E-state index contributed by atoms with van der Waals surface area (Å²) in [6, 6.07) is 12.5. The van der Waals surface area contributed by atoms with Gasteiger partial charge in [0.25, 0.3) is 11.7 Å². The van der Waals surface area contributed by atoms with Crippen LogP contribution in [0.4, 0.5) is 5.69 Å². The normalized spacial score (nSPS) is 17.7. The molecule has 4 rings (SSSR count). The number of amides is 1. The van der Waals surface area contributed by atoms with Gasteiger partial charge >= 0.3 is 0 Å². The predicted octanol–water partition coefficient (Wildman–Crippen LogP) is 3.04. The second kappa shape index (κ2) is 8.93. The van der Waals surface area contributed by atoms with Crippen LogP contribution in [0.2, 0.25) is 0 Å². The number of thiophene rings is 1. The highest BCUT2D eigenvalue weighted by Gasteiger charge is 2.47. The third kappa shape index (κ3) is 4.04. The van der Waals surface area contributed by atoms with E-state index in [-0.39, 0.29) is 27.5 Å². The van der Waals surface area contributed by atoms with E-state index in [0.29, 0.717) is 16.4 Å². The van der Waals surface area contributed by atoms with Crippen molar-refractivity contribution in [2.45, 2.75) is 10.9 Å². The standard InChI is InChI=1S/C23H20N2O7S2/c1-31-16-10-5-13(12-17(16)32-2)21(26)19-20(18-4-3-11-33-18)25(23(28)22(19)27)14-6-8-15(9-7-14)34(24,29)30/h3-12,20,26H,1-2H3,(H2,24,29,30)/b21-19-. The maximum atomic E-state index is 13.1. The van der Waals surface area contributed by atoms with Crippen LogP contribution in [0.15, 0.2) is 70.4 Å². The molecule has 34 heavy (non-hydrogen) atoms. The maximum absolute atomic E-state index is 13.1. The Hall–Kier alpha value is -3.67. The van der Waals surface area contributed by atoms with Crippen molar-refractivity contribution in [3.63, 3.8) is 0 Å². The number of sulfonamides is 1. The highest BCUT2D eigenvalue weighted by atomic mass is 32.2. The number of carbonyl (C=O) groups excluding carboxylic acids is 2. The Balaban J connectivity index is 1.88. The first kappa shape index (κ1) is 23.5. The number of hydrogen-bond donors (Lipinski definition) is 2. The van der Waals surface area contributed by atoms with E-state index in [1.165, 1.54) is 60.8 Å². The maximum Gasteiger partial charge on any atom is 0.300 e.